The van der Waals surface area contributed by atoms with Crippen LogP contribution in [-0.4, -0.2) is 42.5 Å². The maximum atomic E-state index is 11.8. The number of unbranched alkanes of at least 4 members (excludes halogenated alkanes) is 15. The molecule has 0 aromatic heterocycles. The van der Waals surface area contributed by atoms with Crippen LogP contribution in [0.1, 0.15) is 117 Å². The average Bonchev–Trinajstić information content (AvgIpc) is 2.66. The van der Waals surface area contributed by atoms with Gasteiger partial charge in [0.2, 0.25) is 0 Å². The Balaban J connectivity index is 0. The molecule has 0 amide bonds. The van der Waals surface area contributed by atoms with Crippen LogP contribution in [0.2, 0.25) is 0 Å². The van der Waals surface area contributed by atoms with Crippen LogP contribution in [0.5, 0.6) is 0 Å². The molecule has 0 aliphatic carbocycles. The molecule has 2 unspecified atom stereocenters. The normalized spacial score (nSPS) is 13.6. The van der Waals surface area contributed by atoms with Gasteiger partial charge in [0.25, 0.3) is 0 Å². The van der Waals surface area contributed by atoms with Crippen molar-refractivity contribution >= 4 is 19.0 Å². The van der Waals surface area contributed by atoms with Gasteiger partial charge in [-0.2, -0.15) is 0 Å². The highest BCUT2D eigenvalue weighted by molar-refractivity contribution is 7.91. The zero-order valence-electron chi connectivity index (χ0n) is 19.5. The van der Waals surface area contributed by atoms with Crippen LogP contribution >= 0.6 is 7.82 Å². The molecule has 0 aromatic carbocycles. The van der Waals surface area contributed by atoms with E-state index >= 15 is 0 Å². The van der Waals surface area contributed by atoms with Crippen LogP contribution in [0.4, 0.5) is 0 Å². The minimum atomic E-state index is -4.64. The molecule has 0 spiro atoms. The minimum absolute atomic E-state index is 0.157. The van der Waals surface area contributed by atoms with E-state index in [1.54, 1.807) is 0 Å². The minimum Gasteiger partial charge on any atom is -0.616 e. The molecule has 8 heteroatoms. The first-order valence-corrected chi connectivity index (χ1v) is 15.0. The van der Waals surface area contributed by atoms with E-state index in [0.29, 0.717) is 5.75 Å². The molecule has 0 radical (unpaired) electrons. The molecule has 0 bridgehead atoms. The molecule has 0 saturated heterocycles. The number of phosphoric acid groups is 1. The molecule has 2 atom stereocenters. The van der Waals surface area contributed by atoms with Crippen molar-refractivity contribution in [2.45, 2.75) is 117 Å². The van der Waals surface area contributed by atoms with Crippen molar-refractivity contribution in [3.63, 3.8) is 0 Å². The maximum Gasteiger partial charge on any atom is 0.466 e. The highest BCUT2D eigenvalue weighted by Gasteiger charge is 2.11. The summed E-state index contributed by atoms with van der Waals surface area (Å²) in [4.78, 5) is 21.6. The summed E-state index contributed by atoms with van der Waals surface area (Å²) in [6.07, 6.45) is 22.0. The summed E-state index contributed by atoms with van der Waals surface area (Å²) in [6.45, 7) is 4.40. The fourth-order valence-electron chi connectivity index (χ4n) is 3.26. The third-order valence-corrected chi connectivity index (χ3v) is 6.69. The largest absolute Gasteiger partial charge is 0.616 e. The summed E-state index contributed by atoms with van der Waals surface area (Å²) in [5, 5.41) is 8.96. The third kappa shape index (κ3) is 35.8. The zero-order chi connectivity index (χ0) is 23.1. The van der Waals surface area contributed by atoms with E-state index in [1.807, 2.05) is 6.92 Å². The lowest BCUT2D eigenvalue weighted by Crippen LogP contribution is -2.19. The summed E-state index contributed by atoms with van der Waals surface area (Å²) >= 11 is -0.727. The lowest BCUT2D eigenvalue weighted by atomic mass is 10.0. The summed E-state index contributed by atoms with van der Waals surface area (Å²) < 4.78 is 20.6. The maximum absolute atomic E-state index is 11.8. The molecule has 0 saturated carbocycles. The number of aliphatic hydroxyl groups is 1. The molecule has 30 heavy (non-hydrogen) atoms. The molecule has 0 aliphatic rings. The predicted octanol–water partition coefficient (Wildman–Crippen LogP) is 5.70. The Morgan fingerprint density at radius 1 is 0.733 bits per heavy atom. The van der Waals surface area contributed by atoms with E-state index in [-0.39, 0.29) is 12.5 Å². The highest BCUT2D eigenvalue weighted by atomic mass is 32.2. The molecule has 184 valence electrons. The Hall–Kier alpha value is 0.380. The number of hydrogen-bond acceptors (Lipinski definition) is 3. The van der Waals surface area contributed by atoms with Gasteiger partial charge in [0.05, 0.1) is 6.61 Å². The average molecular weight is 473 g/mol. The molecule has 0 fully saturated rings. The fraction of sp³-hybridized carbons (Fsp3) is 1.00. The van der Waals surface area contributed by atoms with E-state index in [1.165, 1.54) is 96.3 Å². The van der Waals surface area contributed by atoms with Gasteiger partial charge < -0.3 is 24.3 Å². The van der Waals surface area contributed by atoms with Gasteiger partial charge >= 0.3 is 7.82 Å². The molecule has 0 aromatic rings. The fourth-order valence-corrected chi connectivity index (χ4v) is 4.70. The molecule has 0 rings (SSSR count). The van der Waals surface area contributed by atoms with E-state index in [0.717, 1.165) is 12.2 Å². The highest BCUT2D eigenvalue weighted by Crippen LogP contribution is 2.25. The van der Waals surface area contributed by atoms with Crippen molar-refractivity contribution in [2.24, 2.45) is 5.92 Å². The molecule has 6 nitrogen and oxygen atoms in total. The van der Waals surface area contributed by atoms with Crippen LogP contribution in [0.25, 0.3) is 0 Å². The molecule has 4 N–H and O–H groups in total. The van der Waals surface area contributed by atoms with Gasteiger partial charge in [0.15, 0.2) is 0 Å². The SMILES string of the molecule is CCCCCCCCCCCCCCCCCC[S+]([O-])CC(C)CO.O=P(O)(O)O. The van der Waals surface area contributed by atoms with Crippen molar-refractivity contribution in [1.29, 1.82) is 0 Å². The Morgan fingerprint density at radius 3 is 1.33 bits per heavy atom. The van der Waals surface area contributed by atoms with Crippen molar-refractivity contribution in [2.75, 3.05) is 18.1 Å². The molecular weight excluding hydrogens is 423 g/mol. The molecular formula is C22H49O6PS. The zero-order valence-corrected chi connectivity index (χ0v) is 21.2. The van der Waals surface area contributed by atoms with E-state index in [2.05, 4.69) is 6.92 Å². The molecule has 0 heterocycles. The summed E-state index contributed by atoms with van der Waals surface area (Å²) in [7, 11) is -4.64. The van der Waals surface area contributed by atoms with Crippen LogP contribution in [0.3, 0.4) is 0 Å². The third-order valence-electron chi connectivity index (χ3n) is 5.01. The van der Waals surface area contributed by atoms with Crippen LogP contribution in [-0.2, 0) is 15.7 Å². The van der Waals surface area contributed by atoms with Crippen LogP contribution in [0, 0.1) is 5.92 Å². The van der Waals surface area contributed by atoms with Crippen molar-refractivity contribution < 1.29 is 28.9 Å². The van der Waals surface area contributed by atoms with Gasteiger partial charge in [-0.3, -0.25) is 0 Å². The van der Waals surface area contributed by atoms with Gasteiger partial charge in [0.1, 0.15) is 11.5 Å². The van der Waals surface area contributed by atoms with E-state index in [4.69, 9.17) is 24.4 Å². The summed E-state index contributed by atoms with van der Waals surface area (Å²) in [6, 6.07) is 0. The second-order valence-electron chi connectivity index (χ2n) is 8.41. The Bertz CT molecular complexity index is 372. The first kappa shape index (κ1) is 32.6. The smallest absolute Gasteiger partial charge is 0.466 e. The number of aliphatic hydroxyl groups excluding tert-OH is 1. The summed E-state index contributed by atoms with van der Waals surface area (Å²) in [5.41, 5.74) is 0. The Kier molecular flexibility index (Phi) is 26.1. The molecule has 0 aliphatic heterocycles. The van der Waals surface area contributed by atoms with Crippen molar-refractivity contribution in [1.82, 2.24) is 0 Å². The quantitative estimate of drug-likeness (QED) is 0.102. The van der Waals surface area contributed by atoms with E-state index < -0.39 is 19.0 Å². The second kappa shape index (κ2) is 24.0. The Morgan fingerprint density at radius 2 is 1.03 bits per heavy atom. The van der Waals surface area contributed by atoms with Crippen molar-refractivity contribution in [3.05, 3.63) is 0 Å². The van der Waals surface area contributed by atoms with Gasteiger partial charge in [-0.15, -0.1) is 0 Å². The summed E-state index contributed by atoms with van der Waals surface area (Å²) in [5.74, 6) is 1.67. The monoisotopic (exact) mass is 472 g/mol. The van der Waals surface area contributed by atoms with Gasteiger partial charge in [-0.25, -0.2) is 4.57 Å². The van der Waals surface area contributed by atoms with Crippen LogP contribution < -0.4 is 0 Å². The van der Waals surface area contributed by atoms with Gasteiger partial charge in [0, 0.05) is 5.92 Å². The standard InChI is InChI=1S/C22H46O2S.H3O4P/c1-3-4-5-6-7-8-9-10-11-12-13-14-15-16-17-18-19-25(24)21-22(2)20-23;1-5(2,3)4/h22-23H,3-21H2,1-2H3;(H3,1,2,3,4). The predicted molar refractivity (Wildman–Crippen MR) is 128 cm³/mol. The number of hydrogen-bond donors (Lipinski definition) is 4. The van der Waals surface area contributed by atoms with E-state index in [9.17, 15) is 4.55 Å². The van der Waals surface area contributed by atoms with Crippen LogP contribution in [0.15, 0.2) is 0 Å². The van der Waals surface area contributed by atoms with Gasteiger partial charge in [-0.1, -0.05) is 115 Å². The topological polar surface area (TPSA) is 121 Å². The number of rotatable bonds is 20. The first-order chi connectivity index (χ1) is 14.2. The Labute approximate surface area is 188 Å². The van der Waals surface area contributed by atoms with Gasteiger partial charge in [-0.05, 0) is 12.8 Å². The second-order valence-corrected chi connectivity index (χ2v) is 11.1. The lowest BCUT2D eigenvalue weighted by molar-refractivity contribution is 0.249. The van der Waals surface area contributed by atoms with Crippen molar-refractivity contribution in [3.8, 4) is 0 Å². The first-order valence-electron chi connectivity index (χ1n) is 11.9. The lowest BCUT2D eigenvalue weighted by Gasteiger charge is -2.14.